The van der Waals surface area contributed by atoms with E-state index in [0.717, 1.165) is 11.8 Å². The molecule has 0 amide bonds. The van der Waals surface area contributed by atoms with Gasteiger partial charge in [-0.1, -0.05) is 0 Å². The summed E-state index contributed by atoms with van der Waals surface area (Å²) in [6.45, 7) is 0. The summed E-state index contributed by atoms with van der Waals surface area (Å²) in [6, 6.07) is 0. The first kappa shape index (κ1) is 6.28. The average molecular weight is 134 g/mol. The first-order chi connectivity index (χ1) is 4.97. The second-order valence-corrected chi connectivity index (χ2v) is 3.53. The first-order valence-electron chi connectivity index (χ1n) is 4.42. The van der Waals surface area contributed by atoms with Crippen molar-refractivity contribution in [1.29, 1.82) is 0 Å². The molecule has 0 nitrogen and oxygen atoms in total. The second kappa shape index (κ2) is 2.66. The van der Waals surface area contributed by atoms with E-state index in [-0.39, 0.29) is 0 Å². The Labute approximate surface area is 63.0 Å². The highest BCUT2D eigenvalue weighted by Crippen LogP contribution is 2.40. The summed E-state index contributed by atoms with van der Waals surface area (Å²) in [5, 5.41) is 0. The molecule has 2 aliphatic carbocycles. The molecule has 10 heavy (non-hydrogen) atoms. The van der Waals surface area contributed by atoms with Gasteiger partial charge in [-0.3, -0.25) is 0 Å². The normalized spacial score (nSPS) is 37.6. The zero-order chi connectivity index (χ0) is 6.81. The van der Waals surface area contributed by atoms with Crippen molar-refractivity contribution in [1.82, 2.24) is 0 Å². The lowest BCUT2D eigenvalue weighted by atomic mass is 9.69. The molecular weight excluding hydrogens is 120 g/mol. The van der Waals surface area contributed by atoms with Crippen LogP contribution in [0.3, 0.4) is 0 Å². The largest absolute Gasteiger partial charge is 0.103 e. The molecule has 0 spiro atoms. The summed E-state index contributed by atoms with van der Waals surface area (Å²) in [6.07, 6.45) is 8.09. The van der Waals surface area contributed by atoms with Gasteiger partial charge in [-0.15, -0.1) is 11.8 Å². The Kier molecular flexibility index (Phi) is 1.67. The smallest absolute Gasteiger partial charge is 0.00914 e. The summed E-state index contributed by atoms with van der Waals surface area (Å²) in [4.78, 5) is 0. The van der Waals surface area contributed by atoms with Crippen LogP contribution in [0, 0.1) is 23.7 Å². The van der Waals surface area contributed by atoms with Crippen molar-refractivity contribution in [3.05, 3.63) is 0 Å². The molecule has 2 aliphatic rings. The SMILES string of the molecule is C1#CCC[C@H]2CC[C@H]2CC1. The predicted molar refractivity (Wildman–Crippen MR) is 42.5 cm³/mol. The van der Waals surface area contributed by atoms with E-state index in [1.54, 1.807) is 0 Å². The van der Waals surface area contributed by atoms with Gasteiger partial charge in [0.25, 0.3) is 0 Å². The number of hydrogen-bond donors (Lipinski definition) is 0. The maximum atomic E-state index is 3.22. The van der Waals surface area contributed by atoms with Gasteiger partial charge < -0.3 is 0 Å². The Hall–Kier alpha value is -0.440. The van der Waals surface area contributed by atoms with Crippen molar-refractivity contribution < 1.29 is 0 Å². The van der Waals surface area contributed by atoms with E-state index in [1.165, 1.54) is 38.5 Å². The molecule has 2 rings (SSSR count). The molecule has 0 bridgehead atoms. The molecule has 0 heteroatoms. The molecule has 0 aromatic carbocycles. The lowest BCUT2D eigenvalue weighted by Gasteiger charge is -2.36. The van der Waals surface area contributed by atoms with Gasteiger partial charge in [-0.25, -0.2) is 0 Å². The summed E-state index contributed by atoms with van der Waals surface area (Å²) >= 11 is 0. The van der Waals surface area contributed by atoms with Crippen LogP contribution in [-0.4, -0.2) is 0 Å². The minimum absolute atomic E-state index is 1.06. The number of hydrogen-bond acceptors (Lipinski definition) is 0. The van der Waals surface area contributed by atoms with Gasteiger partial charge in [0.2, 0.25) is 0 Å². The van der Waals surface area contributed by atoms with Crippen LogP contribution in [-0.2, 0) is 0 Å². The standard InChI is InChI=1S/C10H14/c1-2-4-6-10-8-7-9(10)5-3-1/h9-10H,3-8H2/t9-,10+. The summed E-state index contributed by atoms with van der Waals surface area (Å²) in [5.74, 6) is 8.57. The lowest BCUT2D eigenvalue weighted by Crippen LogP contribution is -2.25. The van der Waals surface area contributed by atoms with E-state index in [2.05, 4.69) is 11.8 Å². The fraction of sp³-hybridized carbons (Fsp3) is 0.800. The molecular formula is C10H14. The van der Waals surface area contributed by atoms with E-state index < -0.39 is 0 Å². The molecule has 0 aliphatic heterocycles. The van der Waals surface area contributed by atoms with Crippen LogP contribution in [0.15, 0.2) is 0 Å². The number of fused-ring (bicyclic) bond motifs is 1. The molecule has 0 aromatic rings. The van der Waals surface area contributed by atoms with Gasteiger partial charge in [0, 0.05) is 12.8 Å². The summed E-state index contributed by atoms with van der Waals surface area (Å²) < 4.78 is 0. The molecule has 0 N–H and O–H groups in total. The molecule has 0 aromatic heterocycles. The predicted octanol–water partition coefficient (Wildman–Crippen LogP) is 2.59. The Morgan fingerprint density at radius 2 is 1.20 bits per heavy atom. The van der Waals surface area contributed by atoms with Gasteiger partial charge in [0.15, 0.2) is 0 Å². The fourth-order valence-corrected chi connectivity index (χ4v) is 2.09. The van der Waals surface area contributed by atoms with Crippen LogP contribution in [0.25, 0.3) is 0 Å². The zero-order valence-electron chi connectivity index (χ0n) is 6.40. The zero-order valence-corrected chi connectivity index (χ0v) is 6.40. The Bertz CT molecular complexity index is 152. The van der Waals surface area contributed by atoms with Crippen LogP contribution in [0.5, 0.6) is 0 Å². The van der Waals surface area contributed by atoms with Gasteiger partial charge in [-0.05, 0) is 37.5 Å². The lowest BCUT2D eigenvalue weighted by molar-refractivity contribution is 0.155. The molecule has 2 atom stereocenters. The van der Waals surface area contributed by atoms with Crippen molar-refractivity contribution in [3.63, 3.8) is 0 Å². The van der Waals surface area contributed by atoms with Gasteiger partial charge in [-0.2, -0.15) is 0 Å². The van der Waals surface area contributed by atoms with Gasteiger partial charge in [0.1, 0.15) is 0 Å². The quantitative estimate of drug-likeness (QED) is 0.447. The Morgan fingerprint density at radius 3 is 1.60 bits per heavy atom. The minimum Gasteiger partial charge on any atom is -0.103 e. The van der Waals surface area contributed by atoms with Crippen molar-refractivity contribution in [3.8, 4) is 11.8 Å². The van der Waals surface area contributed by atoms with E-state index in [9.17, 15) is 0 Å². The third kappa shape index (κ3) is 1.06. The first-order valence-corrected chi connectivity index (χ1v) is 4.42. The molecule has 1 saturated carbocycles. The van der Waals surface area contributed by atoms with Crippen LogP contribution >= 0.6 is 0 Å². The molecule has 54 valence electrons. The van der Waals surface area contributed by atoms with Crippen LogP contribution in [0.2, 0.25) is 0 Å². The third-order valence-corrected chi connectivity index (χ3v) is 2.98. The topological polar surface area (TPSA) is 0 Å². The average Bonchev–Trinajstić information content (AvgIpc) is 1.89. The fourth-order valence-electron chi connectivity index (χ4n) is 2.09. The molecule has 0 saturated heterocycles. The molecule has 0 unspecified atom stereocenters. The minimum atomic E-state index is 1.06. The Morgan fingerprint density at radius 1 is 0.700 bits per heavy atom. The molecule has 0 radical (unpaired) electrons. The van der Waals surface area contributed by atoms with Gasteiger partial charge >= 0.3 is 0 Å². The molecule has 1 fully saturated rings. The molecule has 0 heterocycles. The van der Waals surface area contributed by atoms with Crippen molar-refractivity contribution in [2.45, 2.75) is 38.5 Å². The summed E-state index contributed by atoms with van der Waals surface area (Å²) in [7, 11) is 0. The maximum absolute atomic E-state index is 3.22. The Balaban J connectivity index is 1.96. The van der Waals surface area contributed by atoms with E-state index in [4.69, 9.17) is 0 Å². The van der Waals surface area contributed by atoms with Gasteiger partial charge in [0.05, 0.1) is 0 Å². The van der Waals surface area contributed by atoms with Crippen LogP contribution in [0.4, 0.5) is 0 Å². The van der Waals surface area contributed by atoms with Crippen molar-refractivity contribution >= 4 is 0 Å². The third-order valence-electron chi connectivity index (χ3n) is 2.98. The maximum Gasteiger partial charge on any atom is 0.00914 e. The monoisotopic (exact) mass is 134 g/mol. The van der Waals surface area contributed by atoms with Crippen LogP contribution in [0.1, 0.15) is 38.5 Å². The second-order valence-electron chi connectivity index (χ2n) is 3.53. The van der Waals surface area contributed by atoms with E-state index in [0.29, 0.717) is 0 Å². The van der Waals surface area contributed by atoms with E-state index in [1.807, 2.05) is 0 Å². The summed E-state index contributed by atoms with van der Waals surface area (Å²) in [5.41, 5.74) is 0. The van der Waals surface area contributed by atoms with Crippen LogP contribution < -0.4 is 0 Å². The number of rotatable bonds is 0. The van der Waals surface area contributed by atoms with E-state index >= 15 is 0 Å². The highest BCUT2D eigenvalue weighted by Gasteiger charge is 2.29. The van der Waals surface area contributed by atoms with Crippen molar-refractivity contribution in [2.24, 2.45) is 11.8 Å². The van der Waals surface area contributed by atoms with Crippen molar-refractivity contribution in [2.75, 3.05) is 0 Å². The highest BCUT2D eigenvalue weighted by atomic mass is 14.3. The highest BCUT2D eigenvalue weighted by molar-refractivity contribution is 5.02.